The second kappa shape index (κ2) is 10.1. The number of ether oxygens (including phenoxy) is 1. The van der Waals surface area contributed by atoms with E-state index >= 15 is 0 Å². The van der Waals surface area contributed by atoms with E-state index in [0.717, 1.165) is 48.1 Å². The van der Waals surface area contributed by atoms with Crippen LogP contribution in [-0.4, -0.2) is 95.8 Å². The summed E-state index contributed by atoms with van der Waals surface area (Å²) in [5.41, 5.74) is -0.610. The number of methoxy groups -OCH3 is 1. The fraction of sp³-hybridized carbons (Fsp3) is 0.438. The standard InChI is InChI=1S/C32H33F3N6O4/c1-38(2)29(43)19-5-7-20(8-6-19)39-14-11-22-26(30(39)44)40(37-27(22)32(33,34)35)24-10-9-21(45-3)17-23(24)28(42)36-25-18-41-15-4-12-31(25,41)13-16-41/h5-10,17,25H,4,11-16,18H2,1-3H3/p+1/t25?,31-,41?/m1/s1. The van der Waals surface area contributed by atoms with Crippen molar-refractivity contribution in [1.82, 2.24) is 20.0 Å². The number of anilines is 1. The minimum atomic E-state index is -4.82. The van der Waals surface area contributed by atoms with Crippen LogP contribution >= 0.6 is 0 Å². The maximum Gasteiger partial charge on any atom is 0.435 e. The van der Waals surface area contributed by atoms with Gasteiger partial charge in [-0.05, 0) is 48.9 Å². The van der Waals surface area contributed by atoms with Crippen LogP contribution in [0.25, 0.3) is 5.69 Å². The lowest BCUT2D eigenvalue weighted by molar-refractivity contribution is -1.05. The number of quaternary nitrogens is 1. The third-order valence-electron chi connectivity index (χ3n) is 10.4. The highest BCUT2D eigenvalue weighted by Crippen LogP contribution is 2.57. The van der Waals surface area contributed by atoms with Crippen LogP contribution in [-0.2, 0) is 12.6 Å². The predicted octanol–water partition coefficient (Wildman–Crippen LogP) is 3.67. The lowest BCUT2D eigenvalue weighted by atomic mass is 9.67. The summed E-state index contributed by atoms with van der Waals surface area (Å²) in [6, 6.07) is 10.8. The third-order valence-corrected chi connectivity index (χ3v) is 10.4. The quantitative estimate of drug-likeness (QED) is 0.423. The minimum Gasteiger partial charge on any atom is -0.497 e. The van der Waals surface area contributed by atoms with Gasteiger partial charge in [-0.1, -0.05) is 0 Å². The number of nitrogens with one attached hydrogen (secondary N) is 1. The van der Waals surface area contributed by atoms with Crippen molar-refractivity contribution in [3.63, 3.8) is 0 Å². The molecule has 10 nitrogen and oxygen atoms in total. The van der Waals surface area contributed by atoms with Crippen LogP contribution in [0.4, 0.5) is 18.9 Å². The monoisotopic (exact) mass is 623 g/mol. The van der Waals surface area contributed by atoms with Crippen molar-refractivity contribution in [2.45, 2.75) is 43.4 Å². The molecule has 3 fully saturated rings. The van der Waals surface area contributed by atoms with E-state index in [9.17, 15) is 27.6 Å². The molecule has 1 aromatic heterocycles. The molecule has 0 radical (unpaired) electrons. The molecule has 0 spiro atoms. The SMILES string of the molecule is COc1ccc(-n2nc(C(F)(F)F)c3c2C(=O)N(c2ccc(C(=O)N(C)C)cc2)CC3)c(C(=O)NC2C[N+]34CCC[C@@]23CC4)c1. The molecule has 5 heterocycles. The number of fused-ring (bicyclic) bond motifs is 1. The summed E-state index contributed by atoms with van der Waals surface area (Å²) in [6.07, 6.45) is -1.72. The highest BCUT2D eigenvalue weighted by atomic mass is 19.4. The molecule has 4 aliphatic heterocycles. The van der Waals surface area contributed by atoms with Gasteiger partial charge in [0.1, 0.15) is 29.6 Å². The highest BCUT2D eigenvalue weighted by Gasteiger charge is 2.75. The molecule has 4 aliphatic rings. The number of halogens is 3. The van der Waals surface area contributed by atoms with Crippen molar-refractivity contribution in [3.8, 4) is 11.4 Å². The first-order chi connectivity index (χ1) is 21.4. The number of carbonyl (C=O) groups is 3. The number of hydrogen-bond donors (Lipinski definition) is 1. The zero-order valence-electron chi connectivity index (χ0n) is 25.3. The summed E-state index contributed by atoms with van der Waals surface area (Å²) in [5, 5.41) is 7.11. The molecule has 7 rings (SSSR count). The Bertz CT molecular complexity index is 1740. The molecule has 3 aromatic rings. The number of benzene rings is 2. The fourth-order valence-electron chi connectivity index (χ4n) is 8.03. The van der Waals surface area contributed by atoms with Crippen LogP contribution in [0.15, 0.2) is 42.5 Å². The molecule has 0 aliphatic carbocycles. The zero-order chi connectivity index (χ0) is 31.9. The van der Waals surface area contributed by atoms with Gasteiger partial charge in [-0.25, -0.2) is 4.68 Å². The van der Waals surface area contributed by atoms with Gasteiger partial charge in [0.15, 0.2) is 5.69 Å². The molecule has 236 valence electrons. The molecular formula is C32H34F3N6O4+. The maximum absolute atomic E-state index is 14.3. The number of amides is 3. The summed E-state index contributed by atoms with van der Waals surface area (Å²) < 4.78 is 50.3. The molecule has 45 heavy (non-hydrogen) atoms. The Morgan fingerprint density at radius 2 is 1.87 bits per heavy atom. The van der Waals surface area contributed by atoms with Crippen LogP contribution in [0.3, 0.4) is 0 Å². The number of hydrogen-bond acceptors (Lipinski definition) is 5. The number of carbonyl (C=O) groups excluding carboxylic acids is 3. The number of piperidine rings is 1. The topological polar surface area (TPSA) is 96.8 Å². The molecule has 3 saturated heterocycles. The Labute approximate surface area is 257 Å². The van der Waals surface area contributed by atoms with Crippen LogP contribution < -0.4 is 15.0 Å². The molecule has 3 atom stereocenters. The smallest absolute Gasteiger partial charge is 0.435 e. The Kier molecular flexibility index (Phi) is 6.56. The molecule has 13 heteroatoms. The second-order valence-electron chi connectivity index (χ2n) is 12.7. The maximum atomic E-state index is 14.3. The molecule has 3 amide bonds. The van der Waals surface area contributed by atoms with Crippen LogP contribution in [0.2, 0.25) is 0 Å². The second-order valence-corrected chi connectivity index (χ2v) is 12.7. The van der Waals surface area contributed by atoms with Crippen LogP contribution in [0.5, 0.6) is 5.75 Å². The van der Waals surface area contributed by atoms with Gasteiger partial charge in [0.05, 0.1) is 37.9 Å². The average molecular weight is 624 g/mol. The van der Waals surface area contributed by atoms with Gasteiger partial charge >= 0.3 is 6.18 Å². The molecular weight excluding hydrogens is 589 g/mol. The van der Waals surface area contributed by atoms with Crippen molar-refractivity contribution < 1.29 is 36.8 Å². The Morgan fingerprint density at radius 3 is 2.49 bits per heavy atom. The Hall–Kier alpha value is -4.39. The van der Waals surface area contributed by atoms with E-state index in [1.54, 1.807) is 38.4 Å². The normalized spacial score (nSPS) is 25.0. The number of nitrogens with zero attached hydrogens (tertiary/aromatic N) is 5. The van der Waals surface area contributed by atoms with Crippen LogP contribution in [0, 0.1) is 0 Å². The molecule has 2 aromatic carbocycles. The van der Waals surface area contributed by atoms with E-state index in [1.807, 2.05) is 0 Å². The van der Waals surface area contributed by atoms with E-state index in [1.165, 1.54) is 35.1 Å². The van der Waals surface area contributed by atoms with Gasteiger partial charge in [0.2, 0.25) is 0 Å². The lowest BCUT2D eigenvalue weighted by Gasteiger charge is -2.69. The van der Waals surface area contributed by atoms with E-state index in [2.05, 4.69) is 10.4 Å². The van der Waals surface area contributed by atoms with Gasteiger partial charge in [-0.3, -0.25) is 14.4 Å². The predicted molar refractivity (Wildman–Crippen MR) is 158 cm³/mol. The molecule has 0 bridgehead atoms. The fourth-order valence-corrected chi connectivity index (χ4v) is 8.03. The van der Waals surface area contributed by atoms with Crippen molar-refractivity contribution in [2.75, 3.05) is 52.3 Å². The average Bonchev–Trinajstić information content (AvgIpc) is 3.45. The number of rotatable bonds is 6. The van der Waals surface area contributed by atoms with Gasteiger partial charge < -0.3 is 24.3 Å². The molecule has 2 unspecified atom stereocenters. The number of aromatic nitrogens is 2. The van der Waals surface area contributed by atoms with Crippen molar-refractivity contribution in [2.24, 2.45) is 0 Å². The van der Waals surface area contributed by atoms with Crippen molar-refractivity contribution in [1.29, 1.82) is 0 Å². The van der Waals surface area contributed by atoms with E-state index in [-0.39, 0.29) is 53.0 Å². The first-order valence-electron chi connectivity index (χ1n) is 15.1. The largest absolute Gasteiger partial charge is 0.497 e. The zero-order valence-corrected chi connectivity index (χ0v) is 25.3. The van der Waals surface area contributed by atoms with Crippen LogP contribution in [0.1, 0.15) is 61.7 Å². The minimum absolute atomic E-state index is 0.0126. The van der Waals surface area contributed by atoms with E-state index in [0.29, 0.717) is 17.0 Å². The summed E-state index contributed by atoms with van der Waals surface area (Å²) in [4.78, 5) is 43.1. The molecule has 0 saturated carbocycles. The number of alkyl halides is 3. The van der Waals surface area contributed by atoms with Crippen molar-refractivity contribution in [3.05, 3.63) is 70.5 Å². The van der Waals surface area contributed by atoms with Gasteiger partial charge in [-0.2, -0.15) is 18.3 Å². The van der Waals surface area contributed by atoms with Crippen molar-refractivity contribution >= 4 is 23.4 Å². The summed E-state index contributed by atoms with van der Waals surface area (Å²) in [6.45, 7) is 3.06. The lowest BCUT2D eigenvalue weighted by Crippen LogP contribution is -2.89. The summed E-state index contributed by atoms with van der Waals surface area (Å²) >= 11 is 0. The van der Waals surface area contributed by atoms with Gasteiger partial charge in [0, 0.05) is 50.3 Å². The first-order valence-corrected chi connectivity index (χ1v) is 15.1. The highest BCUT2D eigenvalue weighted by molar-refractivity contribution is 6.08. The third kappa shape index (κ3) is 4.27. The van der Waals surface area contributed by atoms with E-state index in [4.69, 9.17) is 4.74 Å². The van der Waals surface area contributed by atoms with Gasteiger partial charge in [-0.15, -0.1) is 0 Å². The molecule has 1 N–H and O–H groups in total. The summed E-state index contributed by atoms with van der Waals surface area (Å²) in [5.74, 6) is -1.00. The summed E-state index contributed by atoms with van der Waals surface area (Å²) in [7, 11) is 4.69. The van der Waals surface area contributed by atoms with Gasteiger partial charge in [0.25, 0.3) is 17.7 Å². The first kappa shape index (κ1) is 29.3. The Morgan fingerprint density at radius 1 is 1.11 bits per heavy atom. The van der Waals surface area contributed by atoms with E-state index < -0.39 is 23.7 Å². The Balaban J connectivity index is 1.27.